The van der Waals surface area contributed by atoms with Crippen molar-refractivity contribution in [2.75, 3.05) is 26.3 Å². The van der Waals surface area contributed by atoms with Gasteiger partial charge >= 0.3 is 0 Å². The van der Waals surface area contributed by atoms with Crippen LogP contribution in [0.5, 0.6) is 11.5 Å². The molecule has 0 spiro atoms. The van der Waals surface area contributed by atoms with Crippen molar-refractivity contribution in [3.05, 3.63) is 53.6 Å². The third-order valence-electron chi connectivity index (χ3n) is 5.32. The van der Waals surface area contributed by atoms with Gasteiger partial charge in [-0.15, -0.1) is 0 Å². The summed E-state index contributed by atoms with van der Waals surface area (Å²) in [6, 6.07) is 11.6. The Labute approximate surface area is 184 Å². The van der Waals surface area contributed by atoms with Gasteiger partial charge in [0, 0.05) is 18.7 Å². The van der Waals surface area contributed by atoms with Crippen LogP contribution in [0.3, 0.4) is 0 Å². The van der Waals surface area contributed by atoms with Crippen molar-refractivity contribution in [3.8, 4) is 11.5 Å². The van der Waals surface area contributed by atoms with Gasteiger partial charge in [0.1, 0.15) is 13.2 Å². The fourth-order valence-corrected chi connectivity index (χ4v) is 5.13. The molecule has 7 nitrogen and oxygen atoms in total. The normalized spacial score (nSPS) is 14.5. The summed E-state index contributed by atoms with van der Waals surface area (Å²) in [5.74, 6) is 1.13. The zero-order valence-corrected chi connectivity index (χ0v) is 19.2. The Balaban J connectivity index is 1.85. The van der Waals surface area contributed by atoms with Crippen molar-refractivity contribution in [3.63, 3.8) is 0 Å². The molecule has 0 bridgehead atoms. The Hall–Kier alpha value is -2.58. The monoisotopic (exact) mass is 446 g/mol. The highest BCUT2D eigenvalue weighted by Gasteiger charge is 2.25. The minimum absolute atomic E-state index is 0.106. The first-order valence-corrected chi connectivity index (χ1v) is 12.0. The van der Waals surface area contributed by atoms with Crippen LogP contribution in [-0.2, 0) is 10.0 Å². The Morgan fingerprint density at radius 3 is 2.35 bits per heavy atom. The van der Waals surface area contributed by atoms with Crippen LogP contribution in [0.25, 0.3) is 0 Å². The van der Waals surface area contributed by atoms with Crippen molar-refractivity contribution < 1.29 is 22.7 Å². The van der Waals surface area contributed by atoms with Gasteiger partial charge < -0.3 is 14.8 Å². The average Bonchev–Trinajstić information content (AvgIpc) is 2.77. The maximum Gasteiger partial charge on any atom is 0.251 e. The zero-order valence-electron chi connectivity index (χ0n) is 18.4. The number of hydrogen-bond acceptors (Lipinski definition) is 5. The van der Waals surface area contributed by atoms with E-state index < -0.39 is 10.0 Å². The van der Waals surface area contributed by atoms with Crippen LogP contribution in [0.1, 0.15) is 49.7 Å². The summed E-state index contributed by atoms with van der Waals surface area (Å²) >= 11 is 0. The van der Waals surface area contributed by atoms with Crippen molar-refractivity contribution in [2.24, 2.45) is 5.92 Å². The number of nitrogens with zero attached hydrogens (tertiary/aromatic N) is 1. The van der Waals surface area contributed by atoms with Crippen LogP contribution in [0.15, 0.2) is 47.4 Å². The lowest BCUT2D eigenvalue weighted by Crippen LogP contribution is -2.33. The minimum atomic E-state index is -3.64. The molecule has 0 fully saturated rings. The van der Waals surface area contributed by atoms with Gasteiger partial charge in [-0.2, -0.15) is 4.31 Å². The number of rotatable bonds is 8. The van der Waals surface area contributed by atoms with Crippen LogP contribution in [0.4, 0.5) is 0 Å². The molecule has 2 aromatic rings. The summed E-state index contributed by atoms with van der Waals surface area (Å²) < 4.78 is 38.3. The van der Waals surface area contributed by atoms with Gasteiger partial charge in [0.2, 0.25) is 10.0 Å². The van der Waals surface area contributed by atoms with E-state index in [-0.39, 0.29) is 22.8 Å². The van der Waals surface area contributed by atoms with Crippen molar-refractivity contribution >= 4 is 15.9 Å². The standard InChI is InChI=1S/C23H30N2O5S/c1-5-25(6-2)31(27,28)19-9-7-8-18(14-19)23(26)24-22(16(3)4)17-10-11-20-21(15-17)30-13-12-29-20/h7-11,14-16,22H,5-6,12-13H2,1-4H3,(H,24,26). The van der Waals surface area contributed by atoms with Crippen LogP contribution < -0.4 is 14.8 Å². The molecular formula is C23H30N2O5S. The number of nitrogens with one attached hydrogen (secondary N) is 1. The largest absolute Gasteiger partial charge is 0.486 e. The molecular weight excluding hydrogens is 416 g/mol. The van der Waals surface area contributed by atoms with Crippen LogP contribution in [0, 0.1) is 5.92 Å². The molecule has 0 aromatic heterocycles. The molecule has 8 heteroatoms. The van der Waals surface area contributed by atoms with E-state index in [1.807, 2.05) is 32.0 Å². The highest BCUT2D eigenvalue weighted by Crippen LogP contribution is 2.34. The Morgan fingerprint density at radius 2 is 1.71 bits per heavy atom. The highest BCUT2D eigenvalue weighted by atomic mass is 32.2. The van der Waals surface area contributed by atoms with E-state index in [0.29, 0.717) is 43.4 Å². The van der Waals surface area contributed by atoms with Crippen molar-refractivity contribution in [1.29, 1.82) is 0 Å². The van der Waals surface area contributed by atoms with Gasteiger partial charge in [0.05, 0.1) is 10.9 Å². The Morgan fingerprint density at radius 1 is 1.03 bits per heavy atom. The Bertz CT molecular complexity index is 1030. The second-order valence-corrected chi connectivity index (χ2v) is 9.65. The molecule has 1 atom stereocenters. The quantitative estimate of drug-likeness (QED) is 0.670. The van der Waals surface area contributed by atoms with Crippen LogP contribution >= 0.6 is 0 Å². The first kappa shape index (κ1) is 23.1. The molecule has 1 aliphatic heterocycles. The van der Waals surface area contributed by atoms with Crippen LogP contribution in [0.2, 0.25) is 0 Å². The maximum absolute atomic E-state index is 13.0. The maximum atomic E-state index is 13.0. The van der Waals surface area contributed by atoms with Gasteiger partial charge in [-0.3, -0.25) is 4.79 Å². The summed E-state index contributed by atoms with van der Waals surface area (Å²) in [6.07, 6.45) is 0. The van der Waals surface area contributed by atoms with Gasteiger partial charge in [0.15, 0.2) is 11.5 Å². The Kier molecular flexibility index (Phi) is 7.23. The van der Waals surface area contributed by atoms with Crippen LogP contribution in [-0.4, -0.2) is 44.9 Å². The first-order valence-electron chi connectivity index (χ1n) is 10.6. The van der Waals surface area contributed by atoms with Gasteiger partial charge in [-0.1, -0.05) is 39.8 Å². The topological polar surface area (TPSA) is 84.9 Å². The van der Waals surface area contributed by atoms with E-state index in [4.69, 9.17) is 9.47 Å². The molecule has 0 saturated heterocycles. The smallest absolute Gasteiger partial charge is 0.251 e. The molecule has 2 aromatic carbocycles. The van der Waals surface area contributed by atoms with E-state index in [2.05, 4.69) is 5.32 Å². The van der Waals surface area contributed by atoms with Crippen molar-refractivity contribution in [2.45, 2.75) is 38.6 Å². The number of carbonyl (C=O) groups is 1. The summed E-state index contributed by atoms with van der Waals surface area (Å²) in [4.78, 5) is 13.1. The molecule has 0 aliphatic carbocycles. The van der Waals surface area contributed by atoms with Gasteiger partial charge in [-0.25, -0.2) is 8.42 Å². The molecule has 0 saturated carbocycles. The fraction of sp³-hybridized carbons (Fsp3) is 0.435. The van der Waals surface area contributed by atoms with E-state index in [9.17, 15) is 13.2 Å². The molecule has 168 valence electrons. The minimum Gasteiger partial charge on any atom is -0.486 e. The van der Waals surface area contributed by atoms with Crippen molar-refractivity contribution in [1.82, 2.24) is 9.62 Å². The lowest BCUT2D eigenvalue weighted by atomic mass is 9.95. The molecule has 1 amide bonds. The lowest BCUT2D eigenvalue weighted by molar-refractivity contribution is 0.0925. The number of hydrogen-bond donors (Lipinski definition) is 1. The SMILES string of the molecule is CCN(CC)S(=O)(=O)c1cccc(C(=O)NC(c2ccc3c(c2)OCCO3)C(C)C)c1. The predicted molar refractivity (Wildman–Crippen MR) is 119 cm³/mol. The number of fused-ring (bicyclic) bond motifs is 1. The number of amides is 1. The molecule has 3 rings (SSSR count). The molecule has 1 unspecified atom stereocenters. The number of carbonyl (C=O) groups excluding carboxylic acids is 1. The third kappa shape index (κ3) is 5.02. The van der Waals surface area contributed by atoms with Gasteiger partial charge in [-0.05, 0) is 41.8 Å². The van der Waals surface area contributed by atoms with Gasteiger partial charge in [0.25, 0.3) is 5.91 Å². The zero-order chi connectivity index (χ0) is 22.6. The molecule has 1 N–H and O–H groups in total. The number of sulfonamides is 1. The number of ether oxygens (including phenoxy) is 2. The average molecular weight is 447 g/mol. The summed E-state index contributed by atoms with van der Waals surface area (Å²) in [7, 11) is -3.64. The van der Waals surface area contributed by atoms with E-state index in [1.165, 1.54) is 16.4 Å². The number of benzene rings is 2. The molecule has 31 heavy (non-hydrogen) atoms. The highest BCUT2D eigenvalue weighted by molar-refractivity contribution is 7.89. The fourth-order valence-electron chi connectivity index (χ4n) is 3.62. The second-order valence-electron chi connectivity index (χ2n) is 7.72. The predicted octanol–water partition coefficient (Wildman–Crippen LogP) is 3.62. The second kappa shape index (κ2) is 9.70. The van der Waals surface area contributed by atoms with E-state index >= 15 is 0 Å². The lowest BCUT2D eigenvalue weighted by Gasteiger charge is -2.25. The third-order valence-corrected chi connectivity index (χ3v) is 7.36. The molecule has 1 aliphatic rings. The summed E-state index contributed by atoms with van der Waals surface area (Å²) in [5.41, 5.74) is 1.20. The van der Waals surface area contributed by atoms with E-state index in [1.54, 1.807) is 26.0 Å². The summed E-state index contributed by atoms with van der Waals surface area (Å²) in [5, 5.41) is 3.05. The van der Waals surface area contributed by atoms with E-state index in [0.717, 1.165) is 5.56 Å². The molecule has 0 radical (unpaired) electrons. The molecule has 1 heterocycles. The first-order chi connectivity index (χ1) is 14.8. The summed E-state index contributed by atoms with van der Waals surface area (Å²) in [6.45, 7) is 9.36.